The van der Waals surface area contributed by atoms with E-state index in [1.807, 2.05) is 63.2 Å². The molecule has 1 saturated heterocycles. The number of rotatable bonds is 9. The average molecular weight is 519 g/mol. The van der Waals surface area contributed by atoms with E-state index in [0.29, 0.717) is 25.2 Å². The zero-order chi connectivity index (χ0) is 27.7. The van der Waals surface area contributed by atoms with Crippen molar-refractivity contribution in [3.8, 4) is 6.07 Å². The predicted octanol–water partition coefficient (Wildman–Crippen LogP) is 2.43. The lowest BCUT2D eigenvalue weighted by atomic mass is 9.76. The number of ether oxygens (including phenoxy) is 2. The topological polar surface area (TPSA) is 132 Å². The first kappa shape index (κ1) is 28.9. The van der Waals surface area contributed by atoms with Gasteiger partial charge in [-0.05, 0) is 50.0 Å². The summed E-state index contributed by atoms with van der Waals surface area (Å²) in [7, 11) is -1.74. The minimum absolute atomic E-state index is 0.0422. The van der Waals surface area contributed by atoms with Crippen LogP contribution >= 0.6 is 0 Å². The van der Waals surface area contributed by atoms with E-state index in [1.165, 1.54) is 0 Å². The van der Waals surface area contributed by atoms with Crippen molar-refractivity contribution in [2.45, 2.75) is 51.6 Å². The molecule has 2 amide bonds. The van der Waals surface area contributed by atoms with Gasteiger partial charge in [-0.25, -0.2) is 4.79 Å². The van der Waals surface area contributed by atoms with Crippen LogP contribution in [-0.2, 0) is 27.1 Å². The highest BCUT2D eigenvalue weighted by Crippen LogP contribution is 2.19. The van der Waals surface area contributed by atoms with Crippen molar-refractivity contribution in [1.29, 1.82) is 5.26 Å². The normalized spacial score (nSPS) is 18.3. The van der Waals surface area contributed by atoms with E-state index in [4.69, 9.17) is 9.47 Å². The number of carbonyl (C=O) groups excluding carboxylic acids is 2. The minimum atomic E-state index is -1.74. The molecule has 0 aliphatic carbocycles. The number of hydrogen-bond acceptors (Lipinski definition) is 7. The van der Waals surface area contributed by atoms with E-state index in [1.54, 1.807) is 23.1 Å². The van der Waals surface area contributed by atoms with Crippen LogP contribution in [-0.4, -0.2) is 71.9 Å². The van der Waals surface area contributed by atoms with Gasteiger partial charge in [-0.15, -0.1) is 0 Å². The lowest BCUT2D eigenvalue weighted by Crippen LogP contribution is -2.52. The molecule has 0 spiro atoms. The molecule has 38 heavy (non-hydrogen) atoms. The van der Waals surface area contributed by atoms with Gasteiger partial charge in [0.2, 0.25) is 0 Å². The molecule has 1 heterocycles. The molecule has 1 aliphatic heterocycles. The van der Waals surface area contributed by atoms with Crippen molar-refractivity contribution < 1.29 is 29.1 Å². The molecule has 3 rings (SSSR count). The molecule has 0 aromatic heterocycles. The zero-order valence-electron chi connectivity index (χ0n) is 22.0. The first-order valence-corrected chi connectivity index (χ1v) is 12.6. The van der Waals surface area contributed by atoms with Crippen LogP contribution in [0.25, 0.3) is 6.08 Å². The van der Waals surface area contributed by atoms with Crippen LogP contribution in [0.5, 0.6) is 0 Å². The molecule has 0 radical (unpaired) electrons. The fourth-order valence-electron chi connectivity index (χ4n) is 4.35. The van der Waals surface area contributed by atoms with Crippen molar-refractivity contribution >= 4 is 25.2 Å². The summed E-state index contributed by atoms with van der Waals surface area (Å²) in [5, 5.41) is 31.5. The van der Waals surface area contributed by atoms with E-state index in [0.717, 1.165) is 16.7 Å². The molecule has 1 aliphatic rings. The summed E-state index contributed by atoms with van der Waals surface area (Å²) in [5.74, 6) is -1.25. The molecular formula is C28H34BN3O6. The monoisotopic (exact) mass is 519 g/mol. The van der Waals surface area contributed by atoms with Gasteiger partial charge >= 0.3 is 13.2 Å². The van der Waals surface area contributed by atoms with Crippen LogP contribution < -0.4 is 5.32 Å². The molecule has 10 heteroatoms. The number of aryl methyl sites for hydroxylation is 1. The smallest absolute Gasteiger partial charge is 0.449 e. The van der Waals surface area contributed by atoms with E-state index in [2.05, 4.69) is 5.32 Å². The van der Waals surface area contributed by atoms with Crippen LogP contribution in [0, 0.1) is 18.3 Å². The van der Waals surface area contributed by atoms with Gasteiger partial charge in [0, 0.05) is 6.42 Å². The zero-order valence-corrected chi connectivity index (χ0v) is 22.0. The highest BCUT2D eigenvalue weighted by Gasteiger charge is 2.31. The summed E-state index contributed by atoms with van der Waals surface area (Å²) < 4.78 is 10.7. The molecule has 2 aromatic rings. The third kappa shape index (κ3) is 8.18. The van der Waals surface area contributed by atoms with Gasteiger partial charge in [-0.3, -0.25) is 4.79 Å². The fourth-order valence-corrected chi connectivity index (χ4v) is 4.35. The van der Waals surface area contributed by atoms with Gasteiger partial charge in [0.05, 0.1) is 37.8 Å². The molecule has 0 saturated carbocycles. The number of morpholine rings is 1. The summed E-state index contributed by atoms with van der Waals surface area (Å²) in [6.07, 6.45) is 1.44. The molecule has 0 bridgehead atoms. The molecule has 3 atom stereocenters. The lowest BCUT2D eigenvalue weighted by molar-refractivity contribution is -0.139. The summed E-state index contributed by atoms with van der Waals surface area (Å²) in [6.45, 7) is 6.67. The van der Waals surface area contributed by atoms with E-state index in [9.17, 15) is 24.9 Å². The number of amides is 2. The first-order valence-electron chi connectivity index (χ1n) is 12.6. The molecule has 3 N–H and O–H groups in total. The highest BCUT2D eigenvalue weighted by molar-refractivity contribution is 6.43. The van der Waals surface area contributed by atoms with E-state index >= 15 is 0 Å². The van der Waals surface area contributed by atoms with Crippen LogP contribution in [0.1, 0.15) is 36.1 Å². The Hall–Kier alpha value is -3.65. The van der Waals surface area contributed by atoms with Crippen molar-refractivity contribution in [2.24, 2.45) is 0 Å². The third-order valence-corrected chi connectivity index (χ3v) is 6.38. The predicted molar refractivity (Wildman–Crippen MR) is 144 cm³/mol. The van der Waals surface area contributed by atoms with Crippen LogP contribution in [0.3, 0.4) is 0 Å². The van der Waals surface area contributed by atoms with Gasteiger partial charge in [-0.1, -0.05) is 54.1 Å². The van der Waals surface area contributed by atoms with Crippen molar-refractivity contribution in [1.82, 2.24) is 10.2 Å². The maximum atomic E-state index is 13.0. The Morgan fingerprint density at radius 2 is 1.87 bits per heavy atom. The first-order chi connectivity index (χ1) is 18.2. The largest absolute Gasteiger partial charge is 0.475 e. The number of hydrogen-bond donors (Lipinski definition) is 3. The number of nitrogens with zero attached hydrogens (tertiary/aromatic N) is 2. The van der Waals surface area contributed by atoms with Crippen molar-refractivity contribution in [3.63, 3.8) is 0 Å². The summed E-state index contributed by atoms with van der Waals surface area (Å²) >= 11 is 0. The van der Waals surface area contributed by atoms with Crippen LogP contribution in [0.15, 0.2) is 54.1 Å². The molecule has 200 valence electrons. The molecule has 1 fully saturated rings. The summed E-state index contributed by atoms with van der Waals surface area (Å²) in [5.41, 5.74) is 3.51. The minimum Gasteiger partial charge on any atom is -0.449 e. The number of carbonyl (C=O) groups is 2. The van der Waals surface area contributed by atoms with Gasteiger partial charge in [0.25, 0.3) is 5.91 Å². The molecular weight excluding hydrogens is 485 g/mol. The Labute approximate surface area is 223 Å². The van der Waals surface area contributed by atoms with Crippen LogP contribution in [0.4, 0.5) is 4.79 Å². The number of benzene rings is 2. The van der Waals surface area contributed by atoms with Crippen molar-refractivity contribution in [3.05, 3.63) is 76.4 Å². The van der Waals surface area contributed by atoms with Gasteiger partial charge in [0.15, 0.2) is 0 Å². The number of nitrogens with one attached hydrogen (secondary N) is 1. The maximum absolute atomic E-state index is 13.0. The standard InChI is InChI=1S/C28H34BN3O6/c1-19-7-9-23(10-8-19)15-26(29(35)36)31-28(34)38-12-11-22-5-4-6-24(13-22)14-25(16-30)27(33)32-20(2)17-37-18-21(32)3/h4-10,13-14,20-21,26,35-36H,11-12,15,17-18H2,1-3H3,(H,31,34)/t20-,21-,26?/m0/s1. The molecule has 2 aromatic carbocycles. The second-order valence-electron chi connectivity index (χ2n) is 9.60. The number of alkyl carbamates (subject to hydrolysis) is 1. The van der Waals surface area contributed by atoms with Crippen molar-refractivity contribution in [2.75, 3.05) is 19.8 Å². The fraction of sp³-hybridized carbons (Fsp3) is 0.393. The van der Waals surface area contributed by atoms with E-state index in [-0.39, 0.29) is 36.6 Å². The average Bonchev–Trinajstić information content (AvgIpc) is 2.88. The van der Waals surface area contributed by atoms with Gasteiger partial charge < -0.3 is 29.7 Å². The van der Waals surface area contributed by atoms with Gasteiger partial charge in [0.1, 0.15) is 11.6 Å². The molecule has 1 unspecified atom stereocenters. The van der Waals surface area contributed by atoms with Gasteiger partial charge in [-0.2, -0.15) is 5.26 Å². The summed E-state index contributed by atoms with van der Waals surface area (Å²) in [4.78, 5) is 27.0. The Morgan fingerprint density at radius 3 is 2.50 bits per heavy atom. The molecule has 9 nitrogen and oxygen atoms in total. The SMILES string of the molecule is Cc1ccc(CC(NC(=O)OCCc2cccc(C=C(C#N)C(=O)N3[C@@H](C)COC[C@@H]3C)c2)B(O)O)cc1. The Kier molecular flexibility index (Phi) is 10.5. The maximum Gasteiger partial charge on any atom is 0.475 e. The van der Waals surface area contributed by atoms with Crippen LogP contribution in [0.2, 0.25) is 0 Å². The highest BCUT2D eigenvalue weighted by atomic mass is 16.5. The summed E-state index contributed by atoms with van der Waals surface area (Å²) in [6, 6.07) is 16.6. The lowest BCUT2D eigenvalue weighted by Gasteiger charge is -2.38. The second kappa shape index (κ2) is 13.8. The number of nitriles is 1. The second-order valence-corrected chi connectivity index (χ2v) is 9.60. The Bertz CT molecular complexity index is 1170. The van der Waals surface area contributed by atoms with E-state index < -0.39 is 19.2 Å². The quantitative estimate of drug-likeness (QED) is 0.263. The Balaban J connectivity index is 1.56. The third-order valence-electron chi connectivity index (χ3n) is 6.38. The Morgan fingerprint density at radius 1 is 1.18 bits per heavy atom.